The van der Waals surface area contributed by atoms with Crippen molar-refractivity contribution in [2.45, 2.75) is 0 Å². The monoisotopic (exact) mass is 274 g/mol. The molecule has 0 radical (unpaired) electrons. The van der Waals surface area contributed by atoms with Gasteiger partial charge in [0.1, 0.15) is 25.0 Å². The molecule has 1 saturated heterocycles. The second kappa shape index (κ2) is 5.65. The molecule has 1 aromatic rings. The SMILES string of the molecule is S=C1OC(c2ccccc2)=CC1=C[NH+]1CCOCC1. The molecule has 1 aromatic carbocycles. The Morgan fingerprint density at radius 2 is 1.84 bits per heavy atom. The van der Waals surface area contributed by atoms with Crippen molar-refractivity contribution in [3.05, 3.63) is 53.7 Å². The Balaban J connectivity index is 1.81. The summed E-state index contributed by atoms with van der Waals surface area (Å²) in [5.41, 5.74) is 2.07. The van der Waals surface area contributed by atoms with Crippen LogP contribution in [-0.2, 0) is 9.47 Å². The summed E-state index contributed by atoms with van der Waals surface area (Å²) < 4.78 is 11.0. The third-order valence-electron chi connectivity index (χ3n) is 3.28. The molecule has 0 atom stereocenters. The summed E-state index contributed by atoms with van der Waals surface area (Å²) in [7, 11) is 0. The fourth-order valence-electron chi connectivity index (χ4n) is 2.23. The maximum absolute atomic E-state index is 5.68. The molecule has 0 aliphatic carbocycles. The van der Waals surface area contributed by atoms with Crippen LogP contribution >= 0.6 is 12.2 Å². The van der Waals surface area contributed by atoms with E-state index < -0.39 is 0 Å². The molecule has 98 valence electrons. The lowest BCUT2D eigenvalue weighted by atomic mass is 10.1. The summed E-state index contributed by atoms with van der Waals surface area (Å²) in [4.78, 5) is 1.39. The van der Waals surface area contributed by atoms with Crippen molar-refractivity contribution in [1.29, 1.82) is 0 Å². The molecule has 19 heavy (non-hydrogen) atoms. The second-order valence-corrected chi connectivity index (χ2v) is 5.01. The van der Waals surface area contributed by atoms with Gasteiger partial charge >= 0.3 is 0 Å². The predicted molar refractivity (Wildman–Crippen MR) is 77.7 cm³/mol. The first-order chi connectivity index (χ1) is 9.33. The van der Waals surface area contributed by atoms with Crippen LogP contribution in [0.3, 0.4) is 0 Å². The molecule has 1 fully saturated rings. The van der Waals surface area contributed by atoms with Gasteiger partial charge in [-0.3, -0.25) is 0 Å². The van der Waals surface area contributed by atoms with Gasteiger partial charge < -0.3 is 14.4 Å². The Morgan fingerprint density at radius 1 is 1.11 bits per heavy atom. The van der Waals surface area contributed by atoms with Gasteiger partial charge in [-0.05, 0) is 18.3 Å². The lowest BCUT2D eigenvalue weighted by Crippen LogP contribution is -3.10. The van der Waals surface area contributed by atoms with Gasteiger partial charge in [-0.15, -0.1) is 0 Å². The molecule has 3 nitrogen and oxygen atoms in total. The van der Waals surface area contributed by atoms with E-state index in [1.807, 2.05) is 36.4 Å². The van der Waals surface area contributed by atoms with Crippen LogP contribution in [0, 0.1) is 0 Å². The van der Waals surface area contributed by atoms with Crippen molar-refractivity contribution in [3.63, 3.8) is 0 Å². The Hall–Kier alpha value is -1.49. The topological polar surface area (TPSA) is 22.9 Å². The van der Waals surface area contributed by atoms with Crippen molar-refractivity contribution in [3.8, 4) is 0 Å². The number of thiocarbonyl (C=S) groups is 1. The van der Waals surface area contributed by atoms with Crippen LogP contribution < -0.4 is 4.90 Å². The summed E-state index contributed by atoms with van der Waals surface area (Å²) in [5.74, 6) is 0.838. The highest BCUT2D eigenvalue weighted by atomic mass is 32.1. The van der Waals surface area contributed by atoms with E-state index in [2.05, 4.69) is 6.20 Å². The molecule has 0 aromatic heterocycles. The molecule has 0 saturated carbocycles. The number of morpholine rings is 1. The number of quaternary nitrogens is 1. The fourth-order valence-corrected chi connectivity index (χ4v) is 2.44. The van der Waals surface area contributed by atoms with Crippen LogP contribution in [0.15, 0.2) is 48.2 Å². The number of ether oxygens (including phenoxy) is 2. The van der Waals surface area contributed by atoms with Gasteiger partial charge in [0.15, 0.2) is 0 Å². The first-order valence-electron chi connectivity index (χ1n) is 6.46. The smallest absolute Gasteiger partial charge is 0.203 e. The standard InChI is InChI=1S/C15H15NO2S/c19-15-13(11-16-6-8-17-9-7-16)10-14(18-15)12-4-2-1-3-5-12/h1-5,10-11H,6-9H2/p+1. The first kappa shape index (κ1) is 12.5. The van der Waals surface area contributed by atoms with Crippen molar-refractivity contribution in [2.24, 2.45) is 0 Å². The average molecular weight is 274 g/mol. The Kier molecular flexibility index (Phi) is 3.73. The fraction of sp³-hybridized carbons (Fsp3) is 0.267. The molecule has 0 bridgehead atoms. The van der Waals surface area contributed by atoms with Crippen LogP contribution in [0.2, 0.25) is 0 Å². The molecular weight excluding hydrogens is 258 g/mol. The predicted octanol–water partition coefficient (Wildman–Crippen LogP) is 1.18. The summed E-state index contributed by atoms with van der Waals surface area (Å²) >= 11 is 5.30. The van der Waals surface area contributed by atoms with Crippen LogP contribution in [0.25, 0.3) is 5.76 Å². The zero-order valence-electron chi connectivity index (χ0n) is 10.6. The number of hydrogen-bond acceptors (Lipinski definition) is 3. The minimum atomic E-state index is 0.567. The highest BCUT2D eigenvalue weighted by Crippen LogP contribution is 2.26. The number of benzene rings is 1. The van der Waals surface area contributed by atoms with Crippen LogP contribution in [0.4, 0.5) is 0 Å². The van der Waals surface area contributed by atoms with Crippen LogP contribution in [0.1, 0.15) is 5.56 Å². The largest absolute Gasteiger partial charge is 0.444 e. The van der Waals surface area contributed by atoms with Gasteiger partial charge in [0.25, 0.3) is 0 Å². The van der Waals surface area contributed by atoms with E-state index in [1.165, 1.54) is 4.90 Å². The quantitative estimate of drug-likeness (QED) is 0.647. The van der Waals surface area contributed by atoms with Crippen molar-refractivity contribution in [2.75, 3.05) is 26.3 Å². The van der Waals surface area contributed by atoms with Crippen LogP contribution in [-0.4, -0.2) is 31.4 Å². The Bertz CT molecular complexity index is 530. The number of nitrogens with one attached hydrogen (secondary N) is 1. The van der Waals surface area contributed by atoms with E-state index in [0.717, 1.165) is 43.2 Å². The second-order valence-electron chi connectivity index (χ2n) is 4.63. The third-order valence-corrected chi connectivity index (χ3v) is 3.60. The van der Waals surface area contributed by atoms with Crippen LogP contribution in [0.5, 0.6) is 0 Å². The molecular formula is C15H16NO2S+. The minimum absolute atomic E-state index is 0.567. The molecule has 3 rings (SSSR count). The van der Waals surface area contributed by atoms with Crippen molar-refractivity contribution >= 4 is 23.0 Å². The van der Waals surface area contributed by atoms with E-state index in [9.17, 15) is 0 Å². The van der Waals surface area contributed by atoms with E-state index in [4.69, 9.17) is 21.7 Å². The maximum atomic E-state index is 5.68. The lowest BCUT2D eigenvalue weighted by molar-refractivity contribution is -0.856. The molecule has 0 spiro atoms. The number of hydrogen-bond donors (Lipinski definition) is 1. The maximum Gasteiger partial charge on any atom is 0.203 e. The molecule has 4 heteroatoms. The molecule has 1 N–H and O–H groups in total. The van der Waals surface area contributed by atoms with Gasteiger partial charge in [0, 0.05) is 5.56 Å². The normalized spacial score (nSPS) is 22.4. The van der Waals surface area contributed by atoms with E-state index in [1.54, 1.807) is 0 Å². The van der Waals surface area contributed by atoms with Gasteiger partial charge in [0.2, 0.25) is 5.05 Å². The molecule has 0 unspecified atom stereocenters. The highest BCUT2D eigenvalue weighted by Gasteiger charge is 2.22. The van der Waals surface area contributed by atoms with E-state index in [0.29, 0.717) is 5.05 Å². The van der Waals surface area contributed by atoms with Gasteiger partial charge in [0.05, 0.1) is 18.8 Å². The highest BCUT2D eigenvalue weighted by molar-refractivity contribution is 7.80. The molecule has 2 aliphatic rings. The number of rotatable bonds is 2. The van der Waals surface area contributed by atoms with Crippen molar-refractivity contribution < 1.29 is 14.4 Å². The summed E-state index contributed by atoms with van der Waals surface area (Å²) in [6.45, 7) is 3.59. The first-order valence-corrected chi connectivity index (χ1v) is 6.87. The summed E-state index contributed by atoms with van der Waals surface area (Å²) in [6.07, 6.45) is 4.18. The zero-order chi connectivity index (χ0) is 13.1. The average Bonchev–Trinajstić information content (AvgIpc) is 2.82. The third kappa shape index (κ3) is 2.92. The summed E-state index contributed by atoms with van der Waals surface area (Å²) in [5, 5.41) is 0.567. The van der Waals surface area contributed by atoms with E-state index in [-0.39, 0.29) is 0 Å². The molecule has 2 aliphatic heterocycles. The van der Waals surface area contributed by atoms with Crippen molar-refractivity contribution in [1.82, 2.24) is 0 Å². The molecule has 2 heterocycles. The van der Waals surface area contributed by atoms with E-state index >= 15 is 0 Å². The Morgan fingerprint density at radius 3 is 2.58 bits per heavy atom. The zero-order valence-corrected chi connectivity index (χ0v) is 11.4. The van der Waals surface area contributed by atoms with Gasteiger partial charge in [-0.25, -0.2) is 0 Å². The molecule has 0 amide bonds. The van der Waals surface area contributed by atoms with Gasteiger partial charge in [-0.2, -0.15) is 0 Å². The van der Waals surface area contributed by atoms with Gasteiger partial charge in [-0.1, -0.05) is 30.3 Å². The summed E-state index contributed by atoms with van der Waals surface area (Å²) in [6, 6.07) is 10.0. The lowest BCUT2D eigenvalue weighted by Gasteiger charge is -2.20. The minimum Gasteiger partial charge on any atom is -0.444 e. The Labute approximate surface area is 118 Å².